The van der Waals surface area contributed by atoms with Crippen molar-refractivity contribution in [3.63, 3.8) is 0 Å². The number of carbonyl (C=O) groups is 2. The summed E-state index contributed by atoms with van der Waals surface area (Å²) in [5.41, 5.74) is 6.63. The Morgan fingerprint density at radius 3 is 2.39 bits per heavy atom. The molecule has 3 rings (SSSR count). The molecule has 8 heteroatoms. The van der Waals surface area contributed by atoms with Gasteiger partial charge in [-0.2, -0.15) is 5.10 Å². The van der Waals surface area contributed by atoms with Gasteiger partial charge >= 0.3 is 0 Å². The minimum atomic E-state index is -0.477. The molecule has 0 radical (unpaired) electrons. The Labute approximate surface area is 230 Å². The van der Waals surface area contributed by atoms with E-state index in [9.17, 15) is 9.59 Å². The van der Waals surface area contributed by atoms with Crippen LogP contribution in [0.1, 0.15) is 51.3 Å². The van der Waals surface area contributed by atoms with Crippen molar-refractivity contribution in [3.8, 4) is 0 Å². The van der Waals surface area contributed by atoms with Gasteiger partial charge in [-0.25, -0.2) is 5.43 Å². The Morgan fingerprint density at radius 1 is 0.947 bits per heavy atom. The SMILES string of the molecule is CCN(CC)CCN(C)Cc1cccc(C(=O)Nc2ccc(Cl)cc2C(=O)N/N=C/c2ccc(C)cc2)c1. The summed E-state index contributed by atoms with van der Waals surface area (Å²) in [6, 6.07) is 20.0. The molecule has 0 atom stereocenters. The molecule has 0 fully saturated rings. The second-order valence-electron chi connectivity index (χ2n) is 9.22. The molecule has 2 amide bonds. The molecule has 0 aliphatic rings. The molecule has 0 heterocycles. The average Bonchev–Trinajstić information content (AvgIpc) is 2.91. The monoisotopic (exact) mass is 533 g/mol. The Kier molecular flexibility index (Phi) is 11.0. The lowest BCUT2D eigenvalue weighted by Crippen LogP contribution is -2.32. The van der Waals surface area contributed by atoms with E-state index in [1.165, 1.54) is 6.07 Å². The molecular weight excluding hydrogens is 498 g/mol. The molecule has 0 bridgehead atoms. The third-order valence-electron chi connectivity index (χ3n) is 6.27. The van der Waals surface area contributed by atoms with Crippen LogP contribution >= 0.6 is 11.6 Å². The second kappa shape index (κ2) is 14.4. The van der Waals surface area contributed by atoms with E-state index in [4.69, 9.17) is 11.6 Å². The van der Waals surface area contributed by atoms with E-state index in [0.29, 0.717) is 16.3 Å². The number of benzene rings is 3. The van der Waals surface area contributed by atoms with Crippen molar-refractivity contribution in [2.45, 2.75) is 27.3 Å². The summed E-state index contributed by atoms with van der Waals surface area (Å²) in [6.45, 7) is 11.1. The lowest BCUT2D eigenvalue weighted by atomic mass is 10.1. The van der Waals surface area contributed by atoms with E-state index < -0.39 is 5.91 Å². The van der Waals surface area contributed by atoms with Crippen LogP contribution in [-0.2, 0) is 6.54 Å². The van der Waals surface area contributed by atoms with Crippen LogP contribution in [0.4, 0.5) is 5.69 Å². The summed E-state index contributed by atoms with van der Waals surface area (Å²) in [7, 11) is 2.08. The smallest absolute Gasteiger partial charge is 0.273 e. The van der Waals surface area contributed by atoms with Crippen molar-refractivity contribution in [1.29, 1.82) is 0 Å². The average molecular weight is 534 g/mol. The largest absolute Gasteiger partial charge is 0.321 e. The Balaban J connectivity index is 1.66. The van der Waals surface area contributed by atoms with Gasteiger partial charge in [0.1, 0.15) is 0 Å². The van der Waals surface area contributed by atoms with E-state index in [2.05, 4.69) is 46.5 Å². The van der Waals surface area contributed by atoms with Crippen LogP contribution in [0.15, 0.2) is 71.8 Å². The fraction of sp³-hybridized carbons (Fsp3) is 0.300. The van der Waals surface area contributed by atoms with Crippen molar-refractivity contribution >= 4 is 35.3 Å². The van der Waals surface area contributed by atoms with Gasteiger partial charge in [0.15, 0.2) is 0 Å². The van der Waals surface area contributed by atoms with Crippen LogP contribution in [0.3, 0.4) is 0 Å². The number of likely N-dealkylation sites (N-methyl/N-ethyl adjacent to an activating group) is 2. The molecule has 7 nitrogen and oxygen atoms in total. The number of hydrogen-bond acceptors (Lipinski definition) is 5. The first kappa shape index (κ1) is 29.0. The third-order valence-corrected chi connectivity index (χ3v) is 6.50. The number of nitrogens with one attached hydrogen (secondary N) is 2. The van der Waals surface area contributed by atoms with E-state index in [1.807, 2.05) is 49.4 Å². The summed E-state index contributed by atoms with van der Waals surface area (Å²) < 4.78 is 0. The molecule has 38 heavy (non-hydrogen) atoms. The van der Waals surface area contributed by atoms with E-state index >= 15 is 0 Å². The van der Waals surface area contributed by atoms with Gasteiger partial charge in [-0.3, -0.25) is 9.59 Å². The summed E-state index contributed by atoms with van der Waals surface area (Å²) in [4.78, 5) is 30.6. The fourth-order valence-corrected chi connectivity index (χ4v) is 4.11. The topological polar surface area (TPSA) is 77.0 Å². The highest BCUT2D eigenvalue weighted by Crippen LogP contribution is 2.22. The lowest BCUT2D eigenvalue weighted by Gasteiger charge is -2.23. The number of hydrazone groups is 1. The van der Waals surface area contributed by atoms with E-state index in [-0.39, 0.29) is 11.5 Å². The van der Waals surface area contributed by atoms with Gasteiger partial charge in [-0.1, -0.05) is 67.4 Å². The highest BCUT2D eigenvalue weighted by Gasteiger charge is 2.16. The van der Waals surface area contributed by atoms with Crippen LogP contribution in [0, 0.1) is 6.92 Å². The van der Waals surface area contributed by atoms with Crippen molar-refractivity contribution in [2.75, 3.05) is 38.5 Å². The summed E-state index contributed by atoms with van der Waals surface area (Å²) in [5, 5.41) is 7.28. The van der Waals surface area contributed by atoms with Gasteiger partial charge < -0.3 is 15.1 Å². The molecule has 0 aromatic heterocycles. The Hall–Kier alpha value is -3.52. The van der Waals surface area contributed by atoms with Crippen LogP contribution in [-0.4, -0.2) is 61.1 Å². The van der Waals surface area contributed by atoms with E-state index in [0.717, 1.165) is 49.4 Å². The molecule has 3 aromatic rings. The van der Waals surface area contributed by atoms with Crippen molar-refractivity contribution < 1.29 is 9.59 Å². The number of halogens is 1. The lowest BCUT2D eigenvalue weighted by molar-refractivity contribution is 0.0956. The molecule has 3 aromatic carbocycles. The highest BCUT2D eigenvalue weighted by molar-refractivity contribution is 6.31. The molecule has 0 aliphatic heterocycles. The predicted octanol–water partition coefficient (Wildman–Crippen LogP) is 5.44. The molecule has 0 spiro atoms. The second-order valence-corrected chi connectivity index (χ2v) is 9.66. The first-order valence-electron chi connectivity index (χ1n) is 12.8. The molecule has 200 valence electrons. The molecule has 2 N–H and O–H groups in total. The van der Waals surface area contributed by atoms with Gasteiger partial charge in [0, 0.05) is 30.2 Å². The third kappa shape index (κ3) is 8.80. The van der Waals surface area contributed by atoms with Crippen LogP contribution in [0.5, 0.6) is 0 Å². The van der Waals surface area contributed by atoms with Gasteiger partial charge in [0.25, 0.3) is 11.8 Å². The Bertz CT molecular complexity index is 1260. The number of aryl methyl sites for hydroxylation is 1. The number of nitrogens with zero attached hydrogens (tertiary/aromatic N) is 3. The molecule has 0 saturated heterocycles. The van der Waals surface area contributed by atoms with Crippen LogP contribution in [0.25, 0.3) is 0 Å². The predicted molar refractivity (Wildman–Crippen MR) is 156 cm³/mol. The maximum Gasteiger partial charge on any atom is 0.273 e. The first-order chi connectivity index (χ1) is 18.3. The summed E-state index contributed by atoms with van der Waals surface area (Å²) in [6.07, 6.45) is 1.56. The number of anilines is 1. The van der Waals surface area contributed by atoms with Crippen LogP contribution < -0.4 is 10.7 Å². The van der Waals surface area contributed by atoms with Crippen molar-refractivity contribution in [2.24, 2.45) is 5.10 Å². The zero-order valence-electron chi connectivity index (χ0n) is 22.5. The van der Waals surface area contributed by atoms with Crippen molar-refractivity contribution in [1.82, 2.24) is 15.2 Å². The summed E-state index contributed by atoms with van der Waals surface area (Å²) >= 11 is 6.15. The van der Waals surface area contributed by atoms with E-state index in [1.54, 1.807) is 24.4 Å². The Morgan fingerprint density at radius 2 is 1.68 bits per heavy atom. The minimum Gasteiger partial charge on any atom is -0.321 e. The van der Waals surface area contributed by atoms with Crippen molar-refractivity contribution in [3.05, 3.63) is 99.6 Å². The highest BCUT2D eigenvalue weighted by atomic mass is 35.5. The minimum absolute atomic E-state index is 0.221. The zero-order valence-corrected chi connectivity index (χ0v) is 23.3. The van der Waals surface area contributed by atoms with Gasteiger partial charge in [-0.15, -0.1) is 0 Å². The maximum atomic E-state index is 13.1. The number of hydrogen-bond donors (Lipinski definition) is 2. The number of carbonyl (C=O) groups excluding carboxylic acids is 2. The normalized spacial score (nSPS) is 11.3. The van der Waals surface area contributed by atoms with Gasteiger partial charge in [0.05, 0.1) is 17.5 Å². The van der Waals surface area contributed by atoms with Gasteiger partial charge in [0.2, 0.25) is 0 Å². The fourth-order valence-electron chi connectivity index (χ4n) is 3.94. The zero-order chi connectivity index (χ0) is 27.5. The molecular formula is C30H36ClN5O2. The summed E-state index contributed by atoms with van der Waals surface area (Å²) in [5.74, 6) is -0.785. The molecule has 0 saturated carbocycles. The number of amides is 2. The number of rotatable bonds is 12. The molecule has 0 aliphatic carbocycles. The quantitative estimate of drug-likeness (QED) is 0.240. The maximum absolute atomic E-state index is 13.1. The van der Waals surface area contributed by atoms with Crippen LogP contribution in [0.2, 0.25) is 5.02 Å². The van der Waals surface area contributed by atoms with Gasteiger partial charge in [-0.05, 0) is 68.5 Å². The first-order valence-corrected chi connectivity index (χ1v) is 13.2. The molecule has 0 unspecified atom stereocenters. The standard InChI is InChI=1S/C30H36ClN5O2/c1-5-36(6-2)17-16-35(4)21-24-8-7-9-25(18-24)29(37)33-28-15-14-26(31)19-27(28)30(38)34-32-20-23-12-10-22(3)11-13-23/h7-15,18-20H,5-6,16-17,21H2,1-4H3,(H,33,37)(H,34,38)/b32-20+.